The lowest BCUT2D eigenvalue weighted by Crippen LogP contribution is -2.19. The molecule has 0 saturated carbocycles. The number of methoxy groups -OCH3 is 1. The molecular formula is C16H15F3N2O4S. The Labute approximate surface area is 151 Å². The highest BCUT2D eigenvalue weighted by Crippen LogP contribution is 2.36. The summed E-state index contributed by atoms with van der Waals surface area (Å²) >= 11 is 0.505. The monoisotopic (exact) mass is 388 g/mol. The van der Waals surface area contributed by atoms with Crippen molar-refractivity contribution in [2.45, 2.75) is 19.7 Å². The number of rotatable bonds is 6. The van der Waals surface area contributed by atoms with Crippen LogP contribution in [0, 0.1) is 6.92 Å². The molecule has 0 radical (unpaired) electrons. The van der Waals surface area contributed by atoms with Crippen LogP contribution >= 0.6 is 11.3 Å². The van der Waals surface area contributed by atoms with E-state index in [1.54, 1.807) is 24.3 Å². The minimum Gasteiger partial charge on any atom is -0.472 e. The van der Waals surface area contributed by atoms with Gasteiger partial charge in [0.1, 0.15) is 13.7 Å². The van der Waals surface area contributed by atoms with Crippen LogP contribution in [0.4, 0.5) is 13.2 Å². The van der Waals surface area contributed by atoms with E-state index in [2.05, 4.69) is 19.7 Å². The molecule has 0 saturated heterocycles. The van der Waals surface area contributed by atoms with E-state index < -0.39 is 17.2 Å². The first-order valence-corrected chi connectivity index (χ1v) is 8.04. The standard InChI is InChI=1S/C16H15F3N2O4S/c1-9-13(20-15(26-9)16(17,18)19)25-8-10-6-4-5-7-11(10)12(21-24-3)14(22)23-2/h4-7H,8H2,1-3H3. The lowest BCUT2D eigenvalue weighted by atomic mass is 10.0. The fourth-order valence-corrected chi connectivity index (χ4v) is 2.77. The molecule has 0 aliphatic carbocycles. The third-order valence-corrected chi connectivity index (χ3v) is 4.19. The number of esters is 1. The van der Waals surface area contributed by atoms with Crippen LogP contribution in [-0.4, -0.2) is 30.9 Å². The zero-order valence-electron chi connectivity index (χ0n) is 14.1. The Hall–Kier alpha value is -2.62. The Kier molecular flexibility index (Phi) is 6.19. The lowest BCUT2D eigenvalue weighted by Gasteiger charge is -2.11. The summed E-state index contributed by atoms with van der Waals surface area (Å²) in [6, 6.07) is 6.61. The molecular weight excluding hydrogens is 373 g/mol. The Morgan fingerprint density at radius 3 is 2.54 bits per heavy atom. The molecule has 2 rings (SSSR count). The third-order valence-electron chi connectivity index (χ3n) is 3.19. The number of halogens is 3. The maximum absolute atomic E-state index is 12.7. The van der Waals surface area contributed by atoms with Crippen molar-refractivity contribution < 1.29 is 32.3 Å². The molecule has 0 bridgehead atoms. The molecule has 0 atom stereocenters. The average molecular weight is 388 g/mol. The van der Waals surface area contributed by atoms with Crippen LogP contribution in [0.1, 0.15) is 21.0 Å². The van der Waals surface area contributed by atoms with Crippen LogP contribution in [0.25, 0.3) is 0 Å². The van der Waals surface area contributed by atoms with Crippen molar-refractivity contribution in [2.75, 3.05) is 14.2 Å². The van der Waals surface area contributed by atoms with Crippen molar-refractivity contribution in [1.29, 1.82) is 0 Å². The Balaban J connectivity index is 2.28. The summed E-state index contributed by atoms with van der Waals surface area (Å²) in [5.41, 5.74) is 0.806. The molecule has 0 spiro atoms. The maximum atomic E-state index is 12.7. The number of oxime groups is 1. The largest absolute Gasteiger partial charge is 0.472 e. The number of nitrogens with zero attached hydrogens (tertiary/aromatic N) is 2. The predicted octanol–water partition coefficient (Wildman–Crippen LogP) is 3.57. The molecule has 140 valence electrons. The van der Waals surface area contributed by atoms with Gasteiger partial charge in [0.2, 0.25) is 10.9 Å². The molecule has 0 aliphatic heterocycles. The van der Waals surface area contributed by atoms with E-state index in [-0.39, 0.29) is 18.2 Å². The van der Waals surface area contributed by atoms with Gasteiger partial charge in [-0.15, -0.1) is 11.3 Å². The topological polar surface area (TPSA) is 70.0 Å². The van der Waals surface area contributed by atoms with Crippen LogP contribution in [0.2, 0.25) is 0 Å². The predicted molar refractivity (Wildman–Crippen MR) is 88.2 cm³/mol. The summed E-state index contributed by atoms with van der Waals surface area (Å²) in [6.45, 7) is 1.37. The van der Waals surface area contributed by atoms with E-state index in [0.717, 1.165) is 0 Å². The number of carbonyl (C=O) groups excluding carboxylic acids is 1. The SMILES string of the molecule is CON=C(C(=O)OC)c1ccccc1COc1nc(C(F)(F)F)sc1C. The average Bonchev–Trinajstić information content (AvgIpc) is 2.99. The molecule has 6 nitrogen and oxygen atoms in total. The molecule has 0 aliphatic rings. The van der Waals surface area contributed by atoms with E-state index in [0.29, 0.717) is 27.3 Å². The van der Waals surface area contributed by atoms with Gasteiger partial charge in [-0.05, 0) is 12.5 Å². The number of ether oxygens (including phenoxy) is 2. The summed E-state index contributed by atoms with van der Waals surface area (Å²) in [5.74, 6) is -0.830. The molecule has 26 heavy (non-hydrogen) atoms. The Morgan fingerprint density at radius 1 is 1.27 bits per heavy atom. The van der Waals surface area contributed by atoms with Gasteiger partial charge in [0, 0.05) is 5.56 Å². The molecule has 1 heterocycles. The molecule has 0 N–H and O–H groups in total. The Morgan fingerprint density at radius 2 is 1.96 bits per heavy atom. The minimum absolute atomic E-state index is 0.0832. The van der Waals surface area contributed by atoms with Crippen molar-refractivity contribution in [1.82, 2.24) is 4.98 Å². The van der Waals surface area contributed by atoms with Crippen molar-refractivity contribution in [3.8, 4) is 5.88 Å². The zero-order valence-corrected chi connectivity index (χ0v) is 14.9. The minimum atomic E-state index is -4.53. The summed E-state index contributed by atoms with van der Waals surface area (Å²) < 4.78 is 48.3. The molecule has 10 heteroatoms. The number of hydrogen-bond acceptors (Lipinski definition) is 7. The number of thiazole rings is 1. The van der Waals surface area contributed by atoms with Crippen LogP contribution < -0.4 is 4.74 Å². The highest BCUT2D eigenvalue weighted by molar-refractivity contribution is 7.11. The van der Waals surface area contributed by atoms with Crippen LogP contribution in [0.15, 0.2) is 29.4 Å². The fourth-order valence-electron chi connectivity index (χ4n) is 2.05. The van der Waals surface area contributed by atoms with Crippen LogP contribution in [0.3, 0.4) is 0 Å². The molecule has 0 amide bonds. The quantitative estimate of drug-likeness (QED) is 0.430. The summed E-state index contributed by atoms with van der Waals surface area (Å²) in [7, 11) is 2.48. The first kappa shape index (κ1) is 19.7. The number of hydrogen-bond donors (Lipinski definition) is 0. The van der Waals surface area contributed by atoms with E-state index in [9.17, 15) is 18.0 Å². The van der Waals surface area contributed by atoms with E-state index >= 15 is 0 Å². The summed E-state index contributed by atoms with van der Waals surface area (Å²) in [6.07, 6.45) is -4.53. The molecule has 1 aromatic carbocycles. The molecule has 1 aromatic heterocycles. The number of aromatic nitrogens is 1. The number of benzene rings is 1. The smallest absolute Gasteiger partial charge is 0.443 e. The fraction of sp³-hybridized carbons (Fsp3) is 0.312. The van der Waals surface area contributed by atoms with Gasteiger partial charge in [-0.25, -0.2) is 4.79 Å². The lowest BCUT2D eigenvalue weighted by molar-refractivity contribution is -0.138. The van der Waals surface area contributed by atoms with Gasteiger partial charge in [-0.1, -0.05) is 29.4 Å². The summed E-state index contributed by atoms with van der Waals surface area (Å²) in [4.78, 5) is 20.3. The zero-order chi connectivity index (χ0) is 19.3. The van der Waals surface area contributed by atoms with Crippen molar-refractivity contribution in [3.63, 3.8) is 0 Å². The van der Waals surface area contributed by atoms with Gasteiger partial charge in [-0.3, -0.25) is 0 Å². The van der Waals surface area contributed by atoms with E-state index in [1.165, 1.54) is 21.1 Å². The van der Waals surface area contributed by atoms with Gasteiger partial charge in [0.15, 0.2) is 5.71 Å². The van der Waals surface area contributed by atoms with Crippen LogP contribution in [0.5, 0.6) is 5.88 Å². The second-order valence-electron chi connectivity index (χ2n) is 4.94. The maximum Gasteiger partial charge on any atom is 0.443 e. The van der Waals surface area contributed by atoms with Gasteiger partial charge in [-0.2, -0.15) is 18.2 Å². The highest BCUT2D eigenvalue weighted by atomic mass is 32.1. The first-order chi connectivity index (χ1) is 12.3. The summed E-state index contributed by atoms with van der Waals surface area (Å²) in [5, 5.41) is 2.68. The van der Waals surface area contributed by atoms with Crippen LogP contribution in [-0.2, 0) is 27.2 Å². The number of alkyl halides is 3. The van der Waals surface area contributed by atoms with E-state index in [1.807, 2.05) is 0 Å². The van der Waals surface area contributed by atoms with Crippen molar-refractivity contribution in [2.24, 2.45) is 5.16 Å². The van der Waals surface area contributed by atoms with Crippen molar-refractivity contribution >= 4 is 23.0 Å². The van der Waals surface area contributed by atoms with Crippen molar-refractivity contribution in [3.05, 3.63) is 45.3 Å². The number of aryl methyl sites for hydroxylation is 1. The molecule has 0 fully saturated rings. The first-order valence-electron chi connectivity index (χ1n) is 7.23. The van der Waals surface area contributed by atoms with Gasteiger partial charge in [0.25, 0.3) is 0 Å². The van der Waals surface area contributed by atoms with E-state index in [4.69, 9.17) is 4.74 Å². The molecule has 2 aromatic rings. The third kappa shape index (κ3) is 4.51. The normalized spacial score (nSPS) is 12.0. The highest BCUT2D eigenvalue weighted by Gasteiger charge is 2.36. The number of carbonyl (C=O) groups is 1. The Bertz CT molecular complexity index is 818. The second kappa shape index (κ2) is 8.17. The molecule has 0 unspecified atom stereocenters. The second-order valence-corrected chi connectivity index (χ2v) is 6.14. The van der Waals surface area contributed by atoms with Gasteiger partial charge < -0.3 is 14.3 Å². The van der Waals surface area contributed by atoms with Gasteiger partial charge >= 0.3 is 12.1 Å². The van der Waals surface area contributed by atoms with Gasteiger partial charge in [0.05, 0.1) is 12.0 Å².